The normalized spacial score (nSPS) is 18.5. The molecule has 0 atom stereocenters. The molecule has 0 aromatic heterocycles. The first-order valence-electron chi connectivity index (χ1n) is 9.48. The largest absolute Gasteiger partial charge is 0.457 e. The van der Waals surface area contributed by atoms with Crippen molar-refractivity contribution in [2.45, 2.75) is 57.7 Å². The van der Waals surface area contributed by atoms with Gasteiger partial charge in [0.2, 0.25) is 0 Å². The van der Waals surface area contributed by atoms with Crippen LogP contribution < -0.4 is 20.7 Å². The van der Waals surface area contributed by atoms with Crippen molar-refractivity contribution in [3.05, 3.63) is 54.6 Å². The Labute approximate surface area is 167 Å². The Morgan fingerprint density at radius 3 is 2.07 bits per heavy atom. The lowest BCUT2D eigenvalue weighted by atomic mass is 9.80. The average molecular weight is 385 g/mol. The molecule has 27 heavy (non-hydrogen) atoms. The standard InChI is InChI=1S/C22H29N3OS/c1-21(2)14-17(15-22(3,4)25-21)24-20(27)23-16-10-12-19(13-11-16)26-18-8-6-5-7-9-18/h5-13,17,25H,14-15H2,1-4H3,(H2,23,24,27)/p+1. The summed E-state index contributed by atoms with van der Waals surface area (Å²) >= 11 is 5.54. The summed E-state index contributed by atoms with van der Waals surface area (Å²) in [7, 11) is 0. The van der Waals surface area contributed by atoms with Gasteiger partial charge in [-0.2, -0.15) is 0 Å². The van der Waals surface area contributed by atoms with Gasteiger partial charge in [-0.05, 0) is 76.3 Å². The number of benzene rings is 2. The first-order valence-corrected chi connectivity index (χ1v) is 9.89. The summed E-state index contributed by atoms with van der Waals surface area (Å²) in [5.41, 5.74) is 1.38. The Kier molecular flexibility index (Phi) is 5.72. The smallest absolute Gasteiger partial charge is 0.171 e. The molecule has 2 aromatic carbocycles. The van der Waals surface area contributed by atoms with E-state index in [1.54, 1.807) is 0 Å². The summed E-state index contributed by atoms with van der Waals surface area (Å²) in [6, 6.07) is 18.0. The maximum atomic E-state index is 5.83. The molecule has 4 N–H and O–H groups in total. The van der Waals surface area contributed by atoms with Crippen molar-refractivity contribution in [2.24, 2.45) is 0 Å². The van der Waals surface area contributed by atoms with Gasteiger partial charge in [0, 0.05) is 24.6 Å². The maximum Gasteiger partial charge on any atom is 0.171 e. The average Bonchev–Trinajstić information content (AvgIpc) is 2.54. The minimum absolute atomic E-state index is 0.214. The van der Waals surface area contributed by atoms with Crippen LogP contribution in [0.15, 0.2) is 54.6 Å². The second-order valence-corrected chi connectivity index (χ2v) is 9.17. The van der Waals surface area contributed by atoms with E-state index in [2.05, 4.69) is 43.6 Å². The van der Waals surface area contributed by atoms with Crippen molar-refractivity contribution in [2.75, 3.05) is 5.32 Å². The van der Waals surface area contributed by atoms with Gasteiger partial charge in [0.25, 0.3) is 0 Å². The predicted molar refractivity (Wildman–Crippen MR) is 115 cm³/mol. The Morgan fingerprint density at radius 2 is 1.48 bits per heavy atom. The number of para-hydroxylation sites is 1. The molecule has 0 amide bonds. The second kappa shape index (κ2) is 7.87. The van der Waals surface area contributed by atoms with Crippen molar-refractivity contribution in [1.82, 2.24) is 5.32 Å². The van der Waals surface area contributed by atoms with Crippen LogP contribution in [0.25, 0.3) is 0 Å². The van der Waals surface area contributed by atoms with Gasteiger partial charge in [-0.3, -0.25) is 0 Å². The third-order valence-electron chi connectivity index (χ3n) is 4.75. The molecule has 1 heterocycles. The van der Waals surface area contributed by atoms with Crippen molar-refractivity contribution < 1.29 is 10.1 Å². The van der Waals surface area contributed by atoms with Crippen LogP contribution in [-0.2, 0) is 0 Å². The van der Waals surface area contributed by atoms with Gasteiger partial charge in [-0.15, -0.1) is 0 Å². The van der Waals surface area contributed by atoms with Gasteiger partial charge < -0.3 is 20.7 Å². The SMILES string of the molecule is CC1(C)CC(NC(=S)Nc2ccc(Oc3ccccc3)cc2)CC(C)(C)[NH2+]1. The van der Waals surface area contributed by atoms with E-state index in [0.717, 1.165) is 30.0 Å². The Hall–Kier alpha value is -2.11. The van der Waals surface area contributed by atoms with Crippen molar-refractivity contribution in [3.63, 3.8) is 0 Å². The predicted octanol–water partition coefficient (Wildman–Crippen LogP) is 4.05. The number of ether oxygens (including phenoxy) is 1. The van der Waals surface area contributed by atoms with Gasteiger partial charge in [0.05, 0.1) is 11.1 Å². The van der Waals surface area contributed by atoms with Gasteiger partial charge >= 0.3 is 0 Å². The van der Waals surface area contributed by atoms with Crippen molar-refractivity contribution in [1.29, 1.82) is 0 Å². The Bertz CT molecular complexity index is 756. The summed E-state index contributed by atoms with van der Waals surface area (Å²) in [5.74, 6) is 1.63. The summed E-state index contributed by atoms with van der Waals surface area (Å²) in [4.78, 5) is 0. The highest BCUT2D eigenvalue weighted by atomic mass is 32.1. The molecule has 1 aliphatic heterocycles. The third-order valence-corrected chi connectivity index (χ3v) is 4.97. The fourth-order valence-corrected chi connectivity index (χ4v) is 4.49. The number of rotatable bonds is 4. The van der Waals surface area contributed by atoms with Crippen LogP contribution in [0.3, 0.4) is 0 Å². The van der Waals surface area contributed by atoms with Crippen molar-refractivity contribution >= 4 is 23.0 Å². The molecule has 1 saturated heterocycles. The summed E-state index contributed by atoms with van der Waals surface area (Å²) in [5, 5.41) is 9.94. The molecule has 1 fully saturated rings. The molecule has 0 unspecified atom stereocenters. The number of nitrogens with one attached hydrogen (secondary N) is 2. The van der Waals surface area contributed by atoms with Crippen LogP contribution in [0.4, 0.5) is 5.69 Å². The zero-order valence-electron chi connectivity index (χ0n) is 16.6. The van der Waals surface area contributed by atoms with E-state index in [4.69, 9.17) is 17.0 Å². The third kappa shape index (κ3) is 5.94. The number of hydrogen-bond acceptors (Lipinski definition) is 2. The molecule has 5 heteroatoms. The van der Waals surface area contributed by atoms with E-state index >= 15 is 0 Å². The molecular weight excluding hydrogens is 354 g/mol. The van der Waals surface area contributed by atoms with E-state index in [-0.39, 0.29) is 11.1 Å². The Balaban J connectivity index is 1.55. The molecule has 3 rings (SSSR count). The maximum absolute atomic E-state index is 5.83. The number of nitrogens with two attached hydrogens (primary N) is 1. The zero-order valence-corrected chi connectivity index (χ0v) is 17.4. The van der Waals surface area contributed by atoms with Crippen LogP contribution in [-0.4, -0.2) is 22.2 Å². The zero-order chi connectivity index (χ0) is 19.5. The molecule has 0 aliphatic carbocycles. The minimum Gasteiger partial charge on any atom is -0.457 e. The quantitative estimate of drug-likeness (QED) is 0.696. The van der Waals surface area contributed by atoms with E-state index in [0.29, 0.717) is 11.2 Å². The highest BCUT2D eigenvalue weighted by molar-refractivity contribution is 7.80. The van der Waals surface area contributed by atoms with Crippen LogP contribution in [0.5, 0.6) is 11.5 Å². The van der Waals surface area contributed by atoms with Gasteiger partial charge in [-0.25, -0.2) is 0 Å². The molecule has 0 radical (unpaired) electrons. The van der Waals surface area contributed by atoms with Gasteiger partial charge in [0.15, 0.2) is 5.11 Å². The summed E-state index contributed by atoms with van der Waals surface area (Å²) in [6.07, 6.45) is 2.17. The van der Waals surface area contributed by atoms with E-state index in [1.165, 1.54) is 0 Å². The fraction of sp³-hybridized carbons (Fsp3) is 0.409. The molecule has 2 aromatic rings. The molecule has 0 bridgehead atoms. The molecule has 144 valence electrons. The first-order chi connectivity index (χ1) is 12.7. The van der Waals surface area contributed by atoms with Crippen molar-refractivity contribution in [3.8, 4) is 11.5 Å². The number of quaternary nitrogens is 1. The lowest BCUT2D eigenvalue weighted by Crippen LogP contribution is -3.06. The van der Waals surface area contributed by atoms with Crippen LogP contribution in [0.1, 0.15) is 40.5 Å². The molecular formula is C22H30N3OS+. The summed E-state index contributed by atoms with van der Waals surface area (Å²) < 4.78 is 5.83. The van der Waals surface area contributed by atoms with E-state index < -0.39 is 0 Å². The Morgan fingerprint density at radius 1 is 0.926 bits per heavy atom. The number of piperidine rings is 1. The van der Waals surface area contributed by atoms with Crippen LogP contribution in [0, 0.1) is 0 Å². The highest BCUT2D eigenvalue weighted by Gasteiger charge is 2.41. The second-order valence-electron chi connectivity index (χ2n) is 8.76. The number of hydrogen-bond donors (Lipinski definition) is 3. The van der Waals surface area contributed by atoms with Gasteiger partial charge in [-0.1, -0.05) is 18.2 Å². The molecule has 4 nitrogen and oxygen atoms in total. The highest BCUT2D eigenvalue weighted by Crippen LogP contribution is 2.24. The molecule has 0 spiro atoms. The van der Waals surface area contributed by atoms with Gasteiger partial charge in [0.1, 0.15) is 11.5 Å². The van der Waals surface area contributed by atoms with Crippen LogP contribution >= 0.6 is 12.2 Å². The van der Waals surface area contributed by atoms with E-state index in [9.17, 15) is 0 Å². The first kappa shape index (κ1) is 19.6. The monoisotopic (exact) mass is 384 g/mol. The number of anilines is 1. The van der Waals surface area contributed by atoms with E-state index in [1.807, 2.05) is 54.6 Å². The lowest BCUT2D eigenvalue weighted by Gasteiger charge is -2.43. The minimum atomic E-state index is 0.214. The topological polar surface area (TPSA) is 49.9 Å². The lowest BCUT2D eigenvalue weighted by molar-refractivity contribution is -0.787. The fourth-order valence-electron chi connectivity index (χ4n) is 4.20. The van der Waals surface area contributed by atoms with Crippen LogP contribution in [0.2, 0.25) is 0 Å². The molecule has 0 saturated carbocycles. The summed E-state index contributed by atoms with van der Waals surface area (Å²) in [6.45, 7) is 9.18. The number of thiocarbonyl (C=S) groups is 1. The molecule has 1 aliphatic rings.